The van der Waals surface area contributed by atoms with Gasteiger partial charge in [-0.25, -0.2) is 0 Å². The highest BCUT2D eigenvalue weighted by molar-refractivity contribution is 7.79. The van der Waals surface area contributed by atoms with Crippen molar-refractivity contribution in [3.63, 3.8) is 0 Å². The van der Waals surface area contributed by atoms with E-state index in [1.54, 1.807) is 0 Å². The minimum absolute atomic E-state index is 0.0677. The van der Waals surface area contributed by atoms with Crippen molar-refractivity contribution in [1.29, 1.82) is 0 Å². The van der Waals surface area contributed by atoms with E-state index in [-0.39, 0.29) is 16.5 Å². The van der Waals surface area contributed by atoms with E-state index in [0.717, 1.165) is 6.07 Å². The Kier molecular flexibility index (Phi) is 2.31. The Hall–Kier alpha value is -0.800. The van der Waals surface area contributed by atoms with Crippen LogP contribution in [-0.2, 0) is 0 Å². The molecule has 0 aliphatic heterocycles. The van der Waals surface area contributed by atoms with Crippen LogP contribution in [0.5, 0.6) is 11.5 Å². The molecule has 0 heterocycles. The highest BCUT2D eigenvalue weighted by Crippen LogP contribution is 2.29. The van der Waals surface area contributed by atoms with E-state index < -0.39 is 0 Å². The van der Waals surface area contributed by atoms with Gasteiger partial charge < -0.3 is 10.2 Å². The van der Waals surface area contributed by atoms with E-state index in [1.165, 1.54) is 11.4 Å². The minimum atomic E-state index is -0.148. The number of phenolic OH excluding ortho intramolecular Hbond substituents is 2. The maximum atomic E-state index is 9.10. The van der Waals surface area contributed by atoms with E-state index in [1.807, 2.05) is 0 Å². The number of hydrogen-bond acceptors (Lipinski definition) is 3. The molecule has 0 spiro atoms. The molecule has 0 aromatic heterocycles. The van der Waals surface area contributed by atoms with Gasteiger partial charge in [-0.15, -0.1) is 0 Å². The van der Waals surface area contributed by atoms with Gasteiger partial charge in [-0.1, -0.05) is 23.8 Å². The standard InChI is InChI=1S/C7H5ClO2S/c8-5-1-4(3-11)6(9)2-7(5)10/h1-3,9-10H. The average Bonchev–Trinajstić information content (AvgIpc) is 1.97. The van der Waals surface area contributed by atoms with Gasteiger partial charge in [0.1, 0.15) is 11.5 Å². The van der Waals surface area contributed by atoms with Crippen molar-refractivity contribution in [3.05, 3.63) is 22.7 Å². The predicted molar refractivity (Wildman–Crippen MR) is 47.5 cm³/mol. The van der Waals surface area contributed by atoms with Crippen LogP contribution in [0.25, 0.3) is 0 Å². The van der Waals surface area contributed by atoms with Gasteiger partial charge in [0.15, 0.2) is 0 Å². The molecule has 0 saturated heterocycles. The molecule has 58 valence electrons. The lowest BCUT2D eigenvalue weighted by molar-refractivity contribution is 0.450. The van der Waals surface area contributed by atoms with Crippen LogP contribution in [0.3, 0.4) is 0 Å². The van der Waals surface area contributed by atoms with Crippen molar-refractivity contribution in [1.82, 2.24) is 0 Å². The summed E-state index contributed by atoms with van der Waals surface area (Å²) in [7, 11) is 0. The normalized spacial score (nSPS) is 9.55. The summed E-state index contributed by atoms with van der Waals surface area (Å²) in [5.41, 5.74) is 0.433. The van der Waals surface area contributed by atoms with Gasteiger partial charge in [0.25, 0.3) is 0 Å². The maximum absolute atomic E-state index is 9.10. The maximum Gasteiger partial charge on any atom is 0.137 e. The summed E-state index contributed by atoms with van der Waals surface area (Å²) in [6.45, 7) is 0. The highest BCUT2D eigenvalue weighted by atomic mass is 35.5. The fourth-order valence-electron chi connectivity index (χ4n) is 0.661. The fourth-order valence-corrected chi connectivity index (χ4v) is 1.02. The number of benzene rings is 1. The molecule has 0 amide bonds. The molecule has 11 heavy (non-hydrogen) atoms. The van der Waals surface area contributed by atoms with Crippen LogP contribution in [0.2, 0.25) is 5.02 Å². The molecule has 4 heteroatoms. The van der Waals surface area contributed by atoms with Gasteiger partial charge in [0, 0.05) is 17.0 Å². The number of rotatable bonds is 1. The molecule has 0 saturated carbocycles. The van der Waals surface area contributed by atoms with Crippen molar-refractivity contribution in [3.8, 4) is 11.5 Å². The first-order valence-electron chi connectivity index (χ1n) is 2.82. The zero-order valence-corrected chi connectivity index (χ0v) is 6.99. The first kappa shape index (κ1) is 8.30. The quantitative estimate of drug-likeness (QED) is 0.664. The van der Waals surface area contributed by atoms with Crippen LogP contribution < -0.4 is 0 Å². The Labute approximate surface area is 74.0 Å². The summed E-state index contributed by atoms with van der Waals surface area (Å²) in [6, 6.07) is 2.56. The van der Waals surface area contributed by atoms with E-state index in [2.05, 4.69) is 12.2 Å². The Morgan fingerprint density at radius 1 is 1.27 bits per heavy atom. The molecule has 0 fully saturated rings. The Balaban J connectivity index is 3.31. The van der Waals surface area contributed by atoms with Gasteiger partial charge in [-0.2, -0.15) is 0 Å². The molecule has 1 aromatic carbocycles. The second-order valence-electron chi connectivity index (χ2n) is 1.98. The number of aromatic hydroxyl groups is 2. The van der Waals surface area contributed by atoms with Crippen LogP contribution in [0, 0.1) is 0 Å². The van der Waals surface area contributed by atoms with E-state index in [0.29, 0.717) is 5.56 Å². The SMILES string of the molecule is Oc1cc(O)c(C=S)cc1Cl. The molecular formula is C7H5ClO2S. The second kappa shape index (κ2) is 3.07. The third-order valence-corrected chi connectivity index (χ3v) is 1.78. The topological polar surface area (TPSA) is 40.5 Å². The Morgan fingerprint density at radius 2 is 1.91 bits per heavy atom. The largest absolute Gasteiger partial charge is 0.507 e. The monoisotopic (exact) mass is 188 g/mol. The molecule has 2 nitrogen and oxygen atoms in total. The van der Waals surface area contributed by atoms with Crippen molar-refractivity contribution >= 4 is 29.2 Å². The fraction of sp³-hybridized carbons (Fsp3) is 0. The van der Waals surface area contributed by atoms with Gasteiger partial charge in [0.05, 0.1) is 5.02 Å². The molecule has 0 aliphatic carbocycles. The summed E-state index contributed by atoms with van der Waals surface area (Å²) in [6.07, 6.45) is 0. The van der Waals surface area contributed by atoms with Crippen molar-refractivity contribution in [2.75, 3.05) is 0 Å². The summed E-state index contributed by atoms with van der Waals surface area (Å²) in [4.78, 5) is 0. The van der Waals surface area contributed by atoms with Crippen molar-refractivity contribution < 1.29 is 10.2 Å². The van der Waals surface area contributed by atoms with E-state index in [9.17, 15) is 0 Å². The summed E-state index contributed by atoms with van der Waals surface area (Å²) < 4.78 is 0. The highest BCUT2D eigenvalue weighted by Gasteiger charge is 2.03. The summed E-state index contributed by atoms with van der Waals surface area (Å²) in [5.74, 6) is -0.216. The lowest BCUT2D eigenvalue weighted by atomic mass is 10.2. The van der Waals surface area contributed by atoms with Gasteiger partial charge >= 0.3 is 0 Å². The minimum Gasteiger partial charge on any atom is -0.507 e. The Bertz CT molecular complexity index is 299. The number of phenols is 2. The van der Waals surface area contributed by atoms with Crippen molar-refractivity contribution in [2.24, 2.45) is 0 Å². The molecule has 2 N–H and O–H groups in total. The zero-order valence-electron chi connectivity index (χ0n) is 5.41. The zero-order chi connectivity index (χ0) is 8.43. The first-order chi connectivity index (χ1) is 5.15. The molecule has 0 unspecified atom stereocenters. The Morgan fingerprint density at radius 3 is 2.45 bits per heavy atom. The predicted octanol–water partition coefficient (Wildman–Crippen LogP) is 2.10. The lowest BCUT2D eigenvalue weighted by Gasteiger charge is -2.00. The van der Waals surface area contributed by atoms with Gasteiger partial charge in [-0.3, -0.25) is 0 Å². The molecular weight excluding hydrogens is 184 g/mol. The third kappa shape index (κ3) is 1.61. The van der Waals surface area contributed by atoms with Crippen LogP contribution in [0.15, 0.2) is 12.1 Å². The van der Waals surface area contributed by atoms with Crippen LogP contribution in [0.4, 0.5) is 0 Å². The number of thiocarbonyl (C=S) groups is 1. The van der Waals surface area contributed by atoms with E-state index >= 15 is 0 Å². The molecule has 1 aromatic rings. The van der Waals surface area contributed by atoms with Crippen LogP contribution >= 0.6 is 23.8 Å². The summed E-state index contributed by atoms with van der Waals surface area (Å²) >= 11 is 10.1. The molecule has 1 rings (SSSR count). The lowest BCUT2D eigenvalue weighted by Crippen LogP contribution is -1.80. The van der Waals surface area contributed by atoms with Crippen LogP contribution in [-0.4, -0.2) is 15.6 Å². The van der Waals surface area contributed by atoms with E-state index in [4.69, 9.17) is 21.8 Å². The first-order valence-corrected chi connectivity index (χ1v) is 3.66. The molecule has 0 bridgehead atoms. The third-order valence-electron chi connectivity index (χ3n) is 1.22. The molecule has 0 aliphatic rings. The smallest absolute Gasteiger partial charge is 0.137 e. The van der Waals surface area contributed by atoms with Crippen molar-refractivity contribution in [2.45, 2.75) is 0 Å². The van der Waals surface area contributed by atoms with Gasteiger partial charge in [0.2, 0.25) is 0 Å². The summed E-state index contributed by atoms with van der Waals surface area (Å²) in [5, 5.41) is 19.6. The molecule has 0 radical (unpaired) electrons. The number of hydrogen-bond donors (Lipinski definition) is 2. The average molecular weight is 189 g/mol. The van der Waals surface area contributed by atoms with Crippen LogP contribution in [0.1, 0.15) is 5.56 Å². The second-order valence-corrected chi connectivity index (χ2v) is 2.62. The molecule has 0 atom stereocenters. The number of halogens is 1. The van der Waals surface area contributed by atoms with Gasteiger partial charge in [-0.05, 0) is 6.07 Å².